The van der Waals surface area contributed by atoms with Crippen molar-refractivity contribution in [2.75, 3.05) is 24.2 Å². The Bertz CT molecular complexity index is 406. The number of hydrogen-bond donors (Lipinski definition) is 3. The third kappa shape index (κ3) is 3.70. The lowest BCUT2D eigenvalue weighted by molar-refractivity contribution is 0.111. The number of anilines is 2. The fraction of sp³-hybridized carbons (Fsp3) is 0.692. The predicted octanol–water partition coefficient (Wildman–Crippen LogP) is 1.42. The smallest absolute Gasteiger partial charge is 0.242 e. The zero-order valence-corrected chi connectivity index (χ0v) is 11.3. The molecule has 0 aliphatic heterocycles. The normalized spacial score (nSPS) is 23.1. The van der Waals surface area contributed by atoms with Crippen molar-refractivity contribution < 1.29 is 9.84 Å². The monoisotopic (exact) mass is 266 g/mol. The molecule has 0 spiro atoms. The minimum atomic E-state index is -0.120. The van der Waals surface area contributed by atoms with E-state index in [9.17, 15) is 5.11 Å². The molecule has 6 heteroatoms. The van der Waals surface area contributed by atoms with E-state index in [1.165, 1.54) is 6.33 Å². The molecule has 0 amide bonds. The molecule has 1 aromatic heterocycles. The van der Waals surface area contributed by atoms with Crippen LogP contribution < -0.4 is 15.8 Å². The van der Waals surface area contributed by atoms with Gasteiger partial charge in [-0.2, -0.15) is 4.98 Å². The fourth-order valence-electron chi connectivity index (χ4n) is 2.36. The Hall–Kier alpha value is -1.56. The van der Waals surface area contributed by atoms with E-state index in [0.717, 1.165) is 32.2 Å². The van der Waals surface area contributed by atoms with E-state index in [2.05, 4.69) is 15.3 Å². The number of ether oxygens (including phenoxy) is 1. The van der Waals surface area contributed by atoms with E-state index in [1.54, 1.807) is 0 Å². The summed E-state index contributed by atoms with van der Waals surface area (Å²) < 4.78 is 5.33. The molecule has 0 atom stereocenters. The van der Waals surface area contributed by atoms with Gasteiger partial charge in [0.1, 0.15) is 12.0 Å². The van der Waals surface area contributed by atoms with Crippen molar-refractivity contribution >= 4 is 11.5 Å². The van der Waals surface area contributed by atoms with Gasteiger partial charge in [-0.25, -0.2) is 4.98 Å². The molecule has 6 nitrogen and oxygen atoms in total. The molecule has 0 radical (unpaired) electrons. The van der Waals surface area contributed by atoms with Crippen LogP contribution in [0.2, 0.25) is 0 Å². The van der Waals surface area contributed by atoms with Crippen LogP contribution in [0.5, 0.6) is 5.88 Å². The average Bonchev–Trinajstić information content (AvgIpc) is 2.42. The van der Waals surface area contributed by atoms with Gasteiger partial charge in [-0.1, -0.05) is 0 Å². The molecule has 1 fully saturated rings. The van der Waals surface area contributed by atoms with Crippen LogP contribution in [0.25, 0.3) is 0 Å². The second-order valence-corrected chi connectivity index (χ2v) is 4.93. The maximum absolute atomic E-state index is 9.47. The summed E-state index contributed by atoms with van der Waals surface area (Å²) in [5.41, 5.74) is 6.41. The molecule has 1 aliphatic rings. The number of hydrogen-bond acceptors (Lipinski definition) is 6. The minimum Gasteiger partial charge on any atom is -0.476 e. The number of aliphatic hydroxyl groups is 1. The average molecular weight is 266 g/mol. The lowest BCUT2D eigenvalue weighted by atomic mass is 9.87. The highest BCUT2D eigenvalue weighted by Crippen LogP contribution is 2.27. The van der Waals surface area contributed by atoms with Crippen LogP contribution in [0.1, 0.15) is 32.6 Å². The van der Waals surface area contributed by atoms with Gasteiger partial charge in [0, 0.05) is 6.54 Å². The van der Waals surface area contributed by atoms with Gasteiger partial charge < -0.3 is 20.9 Å². The molecule has 19 heavy (non-hydrogen) atoms. The fourth-order valence-corrected chi connectivity index (χ4v) is 2.36. The molecular formula is C13H22N4O2. The van der Waals surface area contributed by atoms with E-state index in [-0.39, 0.29) is 6.10 Å². The number of nitrogen functional groups attached to an aromatic ring is 1. The molecule has 1 aromatic rings. The lowest BCUT2D eigenvalue weighted by Crippen LogP contribution is -2.24. The van der Waals surface area contributed by atoms with Crippen LogP contribution in [0.15, 0.2) is 6.33 Å². The SMILES string of the molecule is CCOc1ncnc(NCC2CCC(O)CC2)c1N. The van der Waals surface area contributed by atoms with Crippen molar-refractivity contribution in [1.29, 1.82) is 0 Å². The highest BCUT2D eigenvalue weighted by atomic mass is 16.5. The molecule has 0 bridgehead atoms. The van der Waals surface area contributed by atoms with Crippen molar-refractivity contribution in [2.24, 2.45) is 5.92 Å². The Morgan fingerprint density at radius 3 is 2.79 bits per heavy atom. The molecule has 2 rings (SSSR count). The lowest BCUT2D eigenvalue weighted by Gasteiger charge is -2.25. The van der Waals surface area contributed by atoms with E-state index in [0.29, 0.717) is 29.9 Å². The molecule has 4 N–H and O–H groups in total. The Morgan fingerprint density at radius 2 is 2.11 bits per heavy atom. The van der Waals surface area contributed by atoms with Gasteiger partial charge in [-0.3, -0.25) is 0 Å². The Morgan fingerprint density at radius 1 is 1.37 bits per heavy atom. The summed E-state index contributed by atoms with van der Waals surface area (Å²) in [6.45, 7) is 3.24. The number of aliphatic hydroxyl groups excluding tert-OH is 1. The molecule has 1 saturated carbocycles. The number of nitrogens with one attached hydrogen (secondary N) is 1. The van der Waals surface area contributed by atoms with E-state index in [1.807, 2.05) is 6.92 Å². The van der Waals surface area contributed by atoms with Crippen molar-refractivity contribution in [3.05, 3.63) is 6.33 Å². The van der Waals surface area contributed by atoms with Gasteiger partial charge in [-0.05, 0) is 38.5 Å². The number of aromatic nitrogens is 2. The standard InChI is InChI=1S/C13H22N4O2/c1-2-19-13-11(14)12(16-8-17-13)15-7-9-3-5-10(18)6-4-9/h8-10,18H,2-7,14H2,1H3,(H,15,16,17). The van der Waals surface area contributed by atoms with Gasteiger partial charge in [0.25, 0.3) is 0 Å². The number of rotatable bonds is 5. The summed E-state index contributed by atoms with van der Waals surface area (Å²) in [5.74, 6) is 1.62. The highest BCUT2D eigenvalue weighted by Gasteiger charge is 2.19. The Balaban J connectivity index is 1.90. The highest BCUT2D eigenvalue weighted by molar-refractivity contribution is 5.66. The third-order valence-electron chi connectivity index (χ3n) is 3.50. The van der Waals surface area contributed by atoms with Crippen LogP contribution in [-0.4, -0.2) is 34.3 Å². The largest absolute Gasteiger partial charge is 0.476 e. The maximum Gasteiger partial charge on any atom is 0.242 e. The topological polar surface area (TPSA) is 93.3 Å². The third-order valence-corrected chi connectivity index (χ3v) is 3.50. The van der Waals surface area contributed by atoms with E-state index >= 15 is 0 Å². The molecular weight excluding hydrogens is 244 g/mol. The zero-order chi connectivity index (χ0) is 13.7. The summed E-state index contributed by atoms with van der Waals surface area (Å²) in [5, 5.41) is 12.7. The molecule has 0 aromatic carbocycles. The van der Waals surface area contributed by atoms with Gasteiger partial charge in [0.05, 0.1) is 12.7 Å². The first kappa shape index (κ1) is 13.9. The van der Waals surface area contributed by atoms with E-state index in [4.69, 9.17) is 10.5 Å². The molecule has 106 valence electrons. The van der Waals surface area contributed by atoms with Gasteiger partial charge in [-0.15, -0.1) is 0 Å². The zero-order valence-electron chi connectivity index (χ0n) is 11.3. The molecule has 0 saturated heterocycles. The summed E-state index contributed by atoms with van der Waals surface area (Å²) in [4.78, 5) is 8.15. The van der Waals surface area contributed by atoms with Crippen molar-refractivity contribution in [2.45, 2.75) is 38.7 Å². The molecule has 1 heterocycles. The van der Waals surface area contributed by atoms with Crippen molar-refractivity contribution in [3.63, 3.8) is 0 Å². The molecule has 1 aliphatic carbocycles. The summed E-state index contributed by atoms with van der Waals surface area (Å²) >= 11 is 0. The second kappa shape index (κ2) is 6.56. The first-order valence-corrected chi connectivity index (χ1v) is 6.86. The van der Waals surface area contributed by atoms with E-state index < -0.39 is 0 Å². The number of nitrogens with zero attached hydrogens (tertiary/aromatic N) is 2. The minimum absolute atomic E-state index is 0.120. The molecule has 0 unspecified atom stereocenters. The van der Waals surface area contributed by atoms with Crippen LogP contribution in [0.4, 0.5) is 11.5 Å². The maximum atomic E-state index is 9.47. The summed E-state index contributed by atoms with van der Waals surface area (Å²) in [7, 11) is 0. The van der Waals surface area contributed by atoms with Crippen LogP contribution in [-0.2, 0) is 0 Å². The van der Waals surface area contributed by atoms with Crippen LogP contribution >= 0.6 is 0 Å². The second-order valence-electron chi connectivity index (χ2n) is 4.93. The Kier molecular flexibility index (Phi) is 4.79. The quantitative estimate of drug-likeness (QED) is 0.746. The van der Waals surface area contributed by atoms with Gasteiger partial charge in [0.15, 0.2) is 5.82 Å². The van der Waals surface area contributed by atoms with Crippen molar-refractivity contribution in [3.8, 4) is 5.88 Å². The number of nitrogens with two attached hydrogens (primary N) is 1. The first-order chi connectivity index (χ1) is 9.20. The van der Waals surface area contributed by atoms with Gasteiger partial charge >= 0.3 is 0 Å². The summed E-state index contributed by atoms with van der Waals surface area (Å²) in [6, 6.07) is 0. The van der Waals surface area contributed by atoms with Gasteiger partial charge in [0.2, 0.25) is 5.88 Å². The van der Waals surface area contributed by atoms with Crippen molar-refractivity contribution in [1.82, 2.24) is 9.97 Å². The van der Waals surface area contributed by atoms with Crippen LogP contribution in [0.3, 0.4) is 0 Å². The van der Waals surface area contributed by atoms with Crippen LogP contribution in [0, 0.1) is 5.92 Å². The predicted molar refractivity (Wildman–Crippen MR) is 74.1 cm³/mol. The summed E-state index contributed by atoms with van der Waals surface area (Å²) in [6.07, 6.45) is 5.18. The Labute approximate surface area is 113 Å². The first-order valence-electron chi connectivity index (χ1n) is 6.86.